The van der Waals surface area contributed by atoms with Crippen molar-refractivity contribution in [2.45, 2.75) is 103 Å². The largest absolute Gasteiger partial charge is 0.494 e. The molecule has 0 radical (unpaired) electrons. The van der Waals surface area contributed by atoms with E-state index in [1.54, 1.807) is 0 Å². The molecule has 4 heteroatoms. The third kappa shape index (κ3) is 13.1. The van der Waals surface area contributed by atoms with Crippen molar-refractivity contribution in [3.8, 4) is 44.9 Å². The van der Waals surface area contributed by atoms with Crippen molar-refractivity contribution < 1.29 is 9.47 Å². The monoisotopic (exact) mass is 1380 g/mol. The molecule has 14 aromatic carbocycles. The van der Waals surface area contributed by atoms with Gasteiger partial charge in [0.05, 0.1) is 24.6 Å². The Morgan fingerprint density at radius 3 is 1.08 bits per heavy atom. The summed E-state index contributed by atoms with van der Waals surface area (Å²) < 4.78 is 12.5. The maximum absolute atomic E-state index is 6.23. The first-order valence-electron chi connectivity index (χ1n) is 38.2. The molecule has 0 aliphatic heterocycles. The van der Waals surface area contributed by atoms with E-state index in [4.69, 9.17) is 9.47 Å². The second-order valence-electron chi connectivity index (χ2n) is 29.3. The molecule has 2 atom stereocenters. The predicted molar refractivity (Wildman–Crippen MR) is 449 cm³/mol. The van der Waals surface area contributed by atoms with Gasteiger partial charge >= 0.3 is 0 Å². The fourth-order valence-electron chi connectivity index (χ4n) is 17.7. The van der Waals surface area contributed by atoms with Gasteiger partial charge in [-0.3, -0.25) is 0 Å². The van der Waals surface area contributed by atoms with Crippen LogP contribution in [0.2, 0.25) is 0 Å². The maximum Gasteiger partial charge on any atom is 0.119 e. The highest BCUT2D eigenvalue weighted by atomic mass is 16.5. The summed E-state index contributed by atoms with van der Waals surface area (Å²) in [6.45, 7) is 18.3. The van der Waals surface area contributed by atoms with Crippen molar-refractivity contribution in [2.24, 2.45) is 0 Å². The molecule has 0 spiro atoms. The number of anilines is 6. The van der Waals surface area contributed by atoms with Crippen molar-refractivity contribution in [3.63, 3.8) is 0 Å². The van der Waals surface area contributed by atoms with Crippen molar-refractivity contribution in [1.82, 2.24) is 0 Å². The molecule has 14 aromatic rings. The van der Waals surface area contributed by atoms with E-state index in [0.29, 0.717) is 13.2 Å². The van der Waals surface area contributed by atoms with Crippen LogP contribution in [-0.4, -0.2) is 13.2 Å². The van der Waals surface area contributed by atoms with E-state index in [1.165, 1.54) is 99.4 Å². The van der Waals surface area contributed by atoms with Crippen LogP contribution in [0, 0.1) is 27.7 Å². The summed E-state index contributed by atoms with van der Waals surface area (Å²) in [7, 11) is 0. The molecule has 0 saturated heterocycles. The van der Waals surface area contributed by atoms with Crippen LogP contribution in [0.15, 0.2) is 316 Å². The first-order valence-corrected chi connectivity index (χ1v) is 38.2. The number of aryl methyl sites for hydroxylation is 4. The fourth-order valence-corrected chi connectivity index (χ4v) is 17.7. The molecule has 2 aliphatic carbocycles. The van der Waals surface area contributed by atoms with Gasteiger partial charge in [0, 0.05) is 44.4 Å². The van der Waals surface area contributed by atoms with Gasteiger partial charge in [-0.15, -0.1) is 0 Å². The topological polar surface area (TPSA) is 24.9 Å². The van der Waals surface area contributed by atoms with Crippen LogP contribution >= 0.6 is 0 Å². The molecule has 2 aliphatic rings. The third-order valence-electron chi connectivity index (χ3n) is 22.7. The van der Waals surface area contributed by atoms with Crippen LogP contribution < -0.4 is 19.3 Å². The highest BCUT2D eigenvalue weighted by molar-refractivity contribution is 6.02. The Kier molecular flexibility index (Phi) is 19.5. The summed E-state index contributed by atoms with van der Waals surface area (Å²) in [5.74, 6) is 1.82. The zero-order chi connectivity index (χ0) is 72.1. The standard InChI is InChI=1S/C102H92N2O2/c1-7-75-41-55-85(56-42-75)105-65-23-11-9-21-63-101(93-61-39-71(3)67-73(93)5)95-35-19-17-33-89(95)91-59-53-83(69-97(91)101)103(99-37-25-29-79-27-13-15-31-87(79)99)81-49-45-77(46-50-81)78-47-51-82(52-48-78)104(100-38-26-30-80-28-14-16-32-88(80)100)84-54-60-92-90-34-18-20-36-96(90)102(98(92)70-84,94-62-40-72(4)68-74(94)6)64-22-10-12-24-66-106-86-57-43-76(8-2)44-58-86/h7-8,13-20,25-62,67-70H,1-2,9-12,21-24,63-66H2,3-6H3. The van der Waals surface area contributed by atoms with E-state index in [0.717, 1.165) is 132 Å². The average molecular weight is 1380 g/mol. The summed E-state index contributed by atoms with van der Waals surface area (Å²) in [5, 5.41) is 4.81. The number of hydrogen-bond acceptors (Lipinski definition) is 4. The molecule has 0 amide bonds. The van der Waals surface area contributed by atoms with Gasteiger partial charge in [-0.05, 0) is 238 Å². The van der Waals surface area contributed by atoms with E-state index >= 15 is 0 Å². The smallest absolute Gasteiger partial charge is 0.119 e. The Morgan fingerprint density at radius 2 is 0.670 bits per heavy atom. The van der Waals surface area contributed by atoms with Crippen LogP contribution in [-0.2, 0) is 10.8 Å². The minimum Gasteiger partial charge on any atom is -0.494 e. The van der Waals surface area contributed by atoms with Gasteiger partial charge in [0.2, 0.25) is 0 Å². The zero-order valence-electron chi connectivity index (χ0n) is 61.6. The van der Waals surface area contributed by atoms with E-state index in [2.05, 4.69) is 330 Å². The quantitative estimate of drug-likeness (QED) is 0.0479. The van der Waals surface area contributed by atoms with Gasteiger partial charge in [-0.2, -0.15) is 0 Å². The molecule has 0 aromatic heterocycles. The number of benzene rings is 14. The minimum atomic E-state index is -0.373. The minimum absolute atomic E-state index is 0.373. The second kappa shape index (κ2) is 30.2. The normalized spacial score (nSPS) is 14.6. The lowest BCUT2D eigenvalue weighted by atomic mass is 9.67. The van der Waals surface area contributed by atoms with Crippen molar-refractivity contribution in [3.05, 3.63) is 383 Å². The maximum atomic E-state index is 6.23. The summed E-state index contributed by atoms with van der Waals surface area (Å²) in [6, 6.07) is 114. The highest BCUT2D eigenvalue weighted by Crippen LogP contribution is 2.60. The van der Waals surface area contributed by atoms with E-state index < -0.39 is 0 Å². The Morgan fingerprint density at radius 1 is 0.302 bits per heavy atom. The molecule has 2 unspecified atom stereocenters. The van der Waals surface area contributed by atoms with E-state index in [9.17, 15) is 0 Å². The third-order valence-corrected chi connectivity index (χ3v) is 22.7. The van der Waals surface area contributed by atoms with Gasteiger partial charge in [0.1, 0.15) is 11.5 Å². The van der Waals surface area contributed by atoms with Crippen LogP contribution in [0.25, 0.3) is 67.1 Å². The van der Waals surface area contributed by atoms with Gasteiger partial charge in [-0.25, -0.2) is 0 Å². The molecule has 0 fully saturated rings. The molecular weight excluding hydrogens is 1290 g/mol. The second-order valence-corrected chi connectivity index (χ2v) is 29.3. The lowest BCUT2D eigenvalue weighted by Gasteiger charge is -2.36. The average Bonchev–Trinajstić information content (AvgIpc) is 1.55. The van der Waals surface area contributed by atoms with Crippen LogP contribution in [0.4, 0.5) is 34.1 Å². The number of rotatable bonds is 27. The van der Waals surface area contributed by atoms with Gasteiger partial charge in [-0.1, -0.05) is 293 Å². The molecule has 522 valence electrons. The van der Waals surface area contributed by atoms with Gasteiger partial charge in [0.15, 0.2) is 0 Å². The molecule has 106 heavy (non-hydrogen) atoms. The lowest BCUT2D eigenvalue weighted by molar-refractivity contribution is 0.303. The number of unbranched alkanes of at least 4 members (excludes halogenated alkanes) is 6. The van der Waals surface area contributed by atoms with Crippen molar-refractivity contribution >= 4 is 67.8 Å². The van der Waals surface area contributed by atoms with Gasteiger partial charge in [0.25, 0.3) is 0 Å². The molecule has 0 bridgehead atoms. The molecule has 0 N–H and O–H groups in total. The highest BCUT2D eigenvalue weighted by Gasteiger charge is 2.47. The number of hydrogen-bond donors (Lipinski definition) is 0. The number of nitrogens with zero attached hydrogens (tertiary/aromatic N) is 2. The number of fused-ring (bicyclic) bond motifs is 8. The van der Waals surface area contributed by atoms with Crippen LogP contribution in [0.1, 0.15) is 131 Å². The molecule has 0 saturated carbocycles. The first-order chi connectivity index (χ1) is 52.1. The van der Waals surface area contributed by atoms with Crippen molar-refractivity contribution in [2.75, 3.05) is 23.0 Å². The summed E-state index contributed by atoms with van der Waals surface area (Å²) >= 11 is 0. The first kappa shape index (κ1) is 68.7. The number of ether oxygens (including phenoxy) is 2. The summed E-state index contributed by atoms with van der Waals surface area (Å²) in [6.07, 6.45) is 14.3. The fraction of sp³-hybridized carbons (Fsp3) is 0.176. The molecule has 16 rings (SSSR count). The molecular formula is C102H92N2O2. The SMILES string of the molecule is C=Cc1ccc(OCCCCCCC2(c3ccc(C)cc3C)c3ccccc3-c3ccc(N(c4ccc(-c5ccc(N(c6ccc7c(c6)C(CCCCCCOc6ccc(C=C)cc6)(c6ccc(C)cc6C)c6ccccc6-7)c6cccc7ccccc67)cc5)cc4)c4cccc5ccccc45)cc32)cc1. The summed E-state index contributed by atoms with van der Waals surface area (Å²) in [4.78, 5) is 5.01. The van der Waals surface area contributed by atoms with E-state index in [1.807, 2.05) is 36.4 Å². The summed E-state index contributed by atoms with van der Waals surface area (Å²) in [5.41, 5.74) is 29.2. The lowest BCUT2D eigenvalue weighted by Crippen LogP contribution is -2.28. The van der Waals surface area contributed by atoms with E-state index in [-0.39, 0.29) is 10.8 Å². The van der Waals surface area contributed by atoms with Crippen molar-refractivity contribution in [1.29, 1.82) is 0 Å². The predicted octanol–water partition coefficient (Wildman–Crippen LogP) is 27.8. The van der Waals surface area contributed by atoms with Crippen LogP contribution in [0.3, 0.4) is 0 Å². The Bertz CT molecular complexity index is 5180. The zero-order valence-corrected chi connectivity index (χ0v) is 61.6. The Hall–Kier alpha value is -11.7. The molecule has 0 heterocycles. The molecule has 4 nitrogen and oxygen atoms in total. The Labute approximate surface area is 627 Å². The van der Waals surface area contributed by atoms with Crippen LogP contribution in [0.5, 0.6) is 11.5 Å². The Balaban J connectivity index is 0.739. The van der Waals surface area contributed by atoms with Gasteiger partial charge < -0.3 is 19.3 Å².